The van der Waals surface area contributed by atoms with E-state index in [9.17, 15) is 29.4 Å². The number of carboxylic acids is 2. The molecule has 0 saturated heterocycles. The molecule has 13 nitrogen and oxygen atoms in total. The van der Waals surface area contributed by atoms with Crippen molar-refractivity contribution >= 4 is 67.4 Å². The van der Waals surface area contributed by atoms with E-state index < -0.39 is 24.0 Å². The van der Waals surface area contributed by atoms with Gasteiger partial charge < -0.3 is 44.2 Å². The van der Waals surface area contributed by atoms with Crippen molar-refractivity contribution in [3.8, 4) is 0 Å². The fraction of sp³-hybridized carbons (Fsp3) is 0.333. The van der Waals surface area contributed by atoms with E-state index in [-0.39, 0.29) is 24.7 Å². The first-order valence-electron chi connectivity index (χ1n) is 18.5. The third-order valence-corrected chi connectivity index (χ3v) is 9.50. The van der Waals surface area contributed by atoms with Crippen molar-refractivity contribution in [2.45, 2.75) is 37.8 Å². The fourth-order valence-corrected chi connectivity index (χ4v) is 7.00. The summed E-state index contributed by atoms with van der Waals surface area (Å²) < 4.78 is 20.2. The monoisotopic (exact) mass is 750 g/mol. The zero-order valence-electron chi connectivity index (χ0n) is 30.5. The Labute approximate surface area is 317 Å². The van der Waals surface area contributed by atoms with Gasteiger partial charge in [0.1, 0.15) is 12.1 Å². The van der Waals surface area contributed by atoms with Crippen LogP contribution in [0, 0.1) is 0 Å². The number of aromatic nitrogens is 2. The zero-order chi connectivity index (χ0) is 38.6. The lowest BCUT2D eigenvalue weighted by Gasteiger charge is -2.17. The van der Waals surface area contributed by atoms with Crippen molar-refractivity contribution < 1.29 is 43.6 Å². The van der Waals surface area contributed by atoms with Crippen LogP contribution in [0.2, 0.25) is 0 Å². The largest absolute Gasteiger partial charge is 0.480 e. The molecule has 2 aromatic heterocycles. The highest BCUT2D eigenvalue weighted by atomic mass is 16.5. The first kappa shape index (κ1) is 38.9. The van der Waals surface area contributed by atoms with E-state index >= 15 is 0 Å². The lowest BCUT2D eigenvalue weighted by atomic mass is 10.1. The van der Waals surface area contributed by atoms with Gasteiger partial charge in [-0.15, -0.1) is 0 Å². The van der Waals surface area contributed by atoms with Crippen LogP contribution in [0.15, 0.2) is 97.1 Å². The van der Waals surface area contributed by atoms with Crippen LogP contribution in [0.1, 0.15) is 37.8 Å². The number of rotatable bonds is 22. The van der Waals surface area contributed by atoms with Gasteiger partial charge in [0.15, 0.2) is 0 Å². The number of para-hydroxylation sites is 4. The third kappa shape index (κ3) is 9.49. The van der Waals surface area contributed by atoms with Crippen LogP contribution in [0.4, 0.5) is 0 Å². The summed E-state index contributed by atoms with van der Waals surface area (Å²) in [7, 11) is 0. The number of fused-ring (bicyclic) bond motifs is 6. The second kappa shape index (κ2) is 19.0. The van der Waals surface area contributed by atoms with Crippen molar-refractivity contribution in [2.24, 2.45) is 0 Å². The molecule has 0 aliphatic heterocycles. The number of carbonyl (C=O) groups excluding carboxylic acids is 2. The molecule has 0 aliphatic carbocycles. The summed E-state index contributed by atoms with van der Waals surface area (Å²) in [6, 6.07) is 28.3. The molecule has 0 unspecified atom stereocenters. The van der Waals surface area contributed by atoms with E-state index in [0.717, 1.165) is 43.6 Å². The Morgan fingerprint density at radius 1 is 0.473 bits per heavy atom. The van der Waals surface area contributed by atoms with Crippen LogP contribution in [0.3, 0.4) is 0 Å². The maximum absolute atomic E-state index is 12.7. The summed E-state index contributed by atoms with van der Waals surface area (Å²) in [5.41, 5.74) is 3.09. The predicted molar refractivity (Wildman–Crippen MR) is 209 cm³/mol. The van der Waals surface area contributed by atoms with Crippen molar-refractivity contribution in [1.29, 1.82) is 0 Å². The molecule has 0 aliphatic rings. The highest BCUT2D eigenvalue weighted by molar-refractivity contribution is 6.10. The molecular formula is C42H46N4O9. The summed E-state index contributed by atoms with van der Waals surface area (Å²) in [5.74, 6) is -2.83. The lowest BCUT2D eigenvalue weighted by molar-refractivity contribution is -0.143. The SMILES string of the molecule is O=C(C[C@@H](C(=O)O)n1c2ccccc2c2ccccc21)NCCCOCCOCCOCCCNC(=O)C[C@@H](C(=O)O)n1c2ccccc2c2ccccc21. The van der Waals surface area contributed by atoms with E-state index in [1.807, 2.05) is 97.1 Å². The van der Waals surface area contributed by atoms with Crippen LogP contribution in [-0.4, -0.2) is 95.8 Å². The Bertz CT molecular complexity index is 2000. The zero-order valence-corrected chi connectivity index (χ0v) is 30.5. The van der Waals surface area contributed by atoms with E-state index in [0.29, 0.717) is 65.6 Å². The average Bonchev–Trinajstić information content (AvgIpc) is 3.70. The number of benzene rings is 4. The van der Waals surface area contributed by atoms with Crippen LogP contribution in [-0.2, 0) is 33.4 Å². The Kier molecular flexibility index (Phi) is 13.5. The first-order chi connectivity index (χ1) is 26.8. The first-order valence-corrected chi connectivity index (χ1v) is 18.5. The minimum absolute atomic E-state index is 0.193. The standard InChI is InChI=1S/C42H46N4O9/c47-39(27-37(41(49)50)45-33-15-5-1-11-29(33)30-12-2-6-16-34(30)45)43-19-9-21-53-23-25-55-26-24-54-22-10-20-44-40(48)28-38(42(51)52)46-35-17-7-3-13-31(35)32-14-4-8-18-36(32)46/h1-8,11-18,37-38H,9-10,19-28H2,(H,43,47)(H,44,48)(H,49,50)(H,51,52)/t37-,38-/m0/s1. The number of hydrogen-bond acceptors (Lipinski definition) is 7. The van der Waals surface area contributed by atoms with Gasteiger partial charge in [-0.3, -0.25) is 9.59 Å². The number of carbonyl (C=O) groups is 4. The molecule has 2 amide bonds. The average molecular weight is 751 g/mol. The molecule has 2 heterocycles. The molecule has 6 aromatic rings. The van der Waals surface area contributed by atoms with Gasteiger partial charge in [-0.1, -0.05) is 72.8 Å². The number of hydrogen-bond donors (Lipinski definition) is 4. The van der Waals surface area contributed by atoms with Crippen LogP contribution in [0.25, 0.3) is 43.6 Å². The molecule has 0 spiro atoms. The third-order valence-electron chi connectivity index (χ3n) is 9.50. The minimum Gasteiger partial charge on any atom is -0.480 e. The molecule has 4 N–H and O–H groups in total. The molecule has 0 radical (unpaired) electrons. The quantitative estimate of drug-likeness (QED) is 0.0636. The van der Waals surface area contributed by atoms with Crippen molar-refractivity contribution in [3.63, 3.8) is 0 Å². The van der Waals surface area contributed by atoms with E-state index in [4.69, 9.17) is 14.2 Å². The number of nitrogens with zero attached hydrogens (tertiary/aromatic N) is 2. The van der Waals surface area contributed by atoms with Crippen LogP contribution in [0.5, 0.6) is 0 Å². The number of aliphatic carboxylic acids is 2. The molecular weight excluding hydrogens is 704 g/mol. The lowest BCUT2D eigenvalue weighted by Crippen LogP contribution is -2.31. The second-order valence-corrected chi connectivity index (χ2v) is 13.2. The van der Waals surface area contributed by atoms with Gasteiger partial charge >= 0.3 is 11.9 Å². The van der Waals surface area contributed by atoms with E-state index in [1.54, 1.807) is 9.13 Å². The van der Waals surface area contributed by atoms with Crippen LogP contribution < -0.4 is 10.6 Å². The summed E-state index contributed by atoms with van der Waals surface area (Å²) in [6.07, 6.45) is 0.744. The van der Waals surface area contributed by atoms with Gasteiger partial charge in [0.25, 0.3) is 0 Å². The van der Waals surface area contributed by atoms with Crippen molar-refractivity contribution in [2.75, 3.05) is 52.7 Å². The Balaban J connectivity index is 0.799. The van der Waals surface area contributed by atoms with Gasteiger partial charge in [-0.05, 0) is 37.1 Å². The summed E-state index contributed by atoms with van der Waals surface area (Å²) in [4.78, 5) is 50.1. The maximum atomic E-state index is 12.7. The van der Waals surface area contributed by atoms with Crippen molar-refractivity contribution in [3.05, 3.63) is 97.1 Å². The molecule has 13 heteroatoms. The highest BCUT2D eigenvalue weighted by Gasteiger charge is 2.28. The molecule has 6 rings (SSSR count). The normalized spacial score (nSPS) is 12.7. The molecule has 0 bridgehead atoms. The van der Waals surface area contributed by atoms with E-state index in [1.165, 1.54) is 0 Å². The highest BCUT2D eigenvalue weighted by Crippen LogP contribution is 2.34. The summed E-state index contributed by atoms with van der Waals surface area (Å²) in [6.45, 7) is 3.04. The van der Waals surface area contributed by atoms with Gasteiger partial charge in [0.05, 0.1) is 39.3 Å². The number of amides is 2. The molecule has 0 saturated carbocycles. The second-order valence-electron chi connectivity index (χ2n) is 13.2. The number of nitrogens with one attached hydrogen (secondary N) is 2. The molecule has 55 heavy (non-hydrogen) atoms. The van der Waals surface area contributed by atoms with Crippen molar-refractivity contribution in [1.82, 2.24) is 19.8 Å². The Hall–Kier alpha value is -5.76. The minimum atomic E-state index is -1.07. The molecule has 0 fully saturated rings. The number of carboxylic acid groups (broad SMARTS) is 2. The van der Waals surface area contributed by atoms with Gasteiger partial charge in [0.2, 0.25) is 11.8 Å². The van der Waals surface area contributed by atoms with Gasteiger partial charge in [-0.25, -0.2) is 9.59 Å². The molecule has 4 aromatic carbocycles. The fourth-order valence-electron chi connectivity index (χ4n) is 7.00. The summed E-state index contributed by atoms with van der Waals surface area (Å²) in [5, 5.41) is 29.5. The predicted octanol–water partition coefficient (Wildman–Crippen LogP) is 5.70. The molecule has 288 valence electrons. The Morgan fingerprint density at radius 3 is 1.07 bits per heavy atom. The maximum Gasteiger partial charge on any atom is 0.327 e. The topological polar surface area (TPSA) is 170 Å². The van der Waals surface area contributed by atoms with E-state index in [2.05, 4.69) is 10.6 Å². The number of ether oxygens (including phenoxy) is 3. The molecule has 2 atom stereocenters. The summed E-state index contributed by atoms with van der Waals surface area (Å²) >= 11 is 0. The smallest absolute Gasteiger partial charge is 0.327 e. The van der Waals surface area contributed by atoms with Gasteiger partial charge in [0, 0.05) is 69.9 Å². The van der Waals surface area contributed by atoms with Gasteiger partial charge in [-0.2, -0.15) is 0 Å². The van der Waals surface area contributed by atoms with Crippen LogP contribution >= 0.6 is 0 Å². The Morgan fingerprint density at radius 2 is 0.764 bits per heavy atom.